The predicted octanol–water partition coefficient (Wildman–Crippen LogP) is 1.41. The van der Waals surface area contributed by atoms with Crippen molar-refractivity contribution in [1.29, 1.82) is 0 Å². The number of halogens is 1. The number of aromatic nitrogens is 1. The second-order valence-electron chi connectivity index (χ2n) is 6.26. The summed E-state index contributed by atoms with van der Waals surface area (Å²) in [6.07, 6.45) is 3.16. The van der Waals surface area contributed by atoms with Crippen LogP contribution in [-0.4, -0.2) is 54.1 Å². The fourth-order valence-corrected chi connectivity index (χ4v) is 3.95. The highest BCUT2D eigenvalue weighted by atomic mass is 35.5. The summed E-state index contributed by atoms with van der Waals surface area (Å²) < 4.78 is 1.84. The van der Waals surface area contributed by atoms with E-state index in [1.54, 1.807) is 29.8 Å². The quantitative estimate of drug-likeness (QED) is 0.885. The smallest absolute Gasteiger partial charge is 0.263 e. The first-order chi connectivity index (χ1) is 10.6. The van der Waals surface area contributed by atoms with Crippen LogP contribution in [0.4, 0.5) is 0 Å². The minimum Gasteiger partial charge on any atom is -0.341 e. The van der Waals surface area contributed by atoms with Gasteiger partial charge in [0, 0.05) is 44.0 Å². The molecule has 2 bridgehead atoms. The normalized spacial score (nSPS) is 22.0. The summed E-state index contributed by atoms with van der Waals surface area (Å²) in [7, 11) is 1.76. The molecule has 1 aromatic heterocycles. The summed E-state index contributed by atoms with van der Waals surface area (Å²) >= 11 is 1.70. The van der Waals surface area contributed by atoms with Gasteiger partial charge in [-0.1, -0.05) is 0 Å². The summed E-state index contributed by atoms with van der Waals surface area (Å²) in [5.74, 6) is 1.62. The van der Waals surface area contributed by atoms with Crippen molar-refractivity contribution in [2.75, 3.05) is 38.7 Å². The van der Waals surface area contributed by atoms with Crippen LogP contribution in [0.25, 0.3) is 0 Å². The monoisotopic (exact) mass is 357 g/mol. The molecule has 1 fully saturated rings. The number of fused-ring (bicyclic) bond motifs is 4. The van der Waals surface area contributed by atoms with Crippen LogP contribution in [0.15, 0.2) is 16.9 Å². The van der Waals surface area contributed by atoms with Gasteiger partial charge in [0.25, 0.3) is 11.5 Å². The fraction of sp³-hybridized carbons (Fsp3) is 0.625. The van der Waals surface area contributed by atoms with E-state index >= 15 is 0 Å². The van der Waals surface area contributed by atoms with E-state index in [0.29, 0.717) is 23.9 Å². The molecule has 0 aliphatic carbocycles. The van der Waals surface area contributed by atoms with Crippen LogP contribution in [0.2, 0.25) is 0 Å². The molecule has 0 aromatic carbocycles. The molecule has 2 atom stereocenters. The van der Waals surface area contributed by atoms with Crippen molar-refractivity contribution in [1.82, 2.24) is 14.8 Å². The molecule has 0 saturated carbocycles. The number of amides is 1. The zero-order chi connectivity index (χ0) is 15.7. The van der Waals surface area contributed by atoms with Crippen molar-refractivity contribution >= 4 is 30.1 Å². The summed E-state index contributed by atoms with van der Waals surface area (Å²) in [4.78, 5) is 26.9. The lowest BCUT2D eigenvalue weighted by atomic mass is 9.84. The molecule has 3 rings (SSSR count). The maximum absolute atomic E-state index is 12.8. The van der Waals surface area contributed by atoms with Crippen molar-refractivity contribution in [3.05, 3.63) is 33.7 Å². The molecule has 2 aliphatic heterocycles. The largest absolute Gasteiger partial charge is 0.341 e. The van der Waals surface area contributed by atoms with Gasteiger partial charge in [0.1, 0.15) is 5.56 Å². The Balaban J connectivity index is 0.00000192. The molecule has 2 aliphatic rings. The van der Waals surface area contributed by atoms with E-state index in [0.717, 1.165) is 37.5 Å². The average Bonchev–Trinajstić information content (AvgIpc) is 2.53. The molecular formula is C16H24ClN3O2S. The molecule has 128 valence electrons. The Morgan fingerprint density at radius 1 is 1.43 bits per heavy atom. The van der Waals surface area contributed by atoms with E-state index in [-0.39, 0.29) is 23.9 Å². The van der Waals surface area contributed by atoms with Crippen LogP contribution in [0.5, 0.6) is 0 Å². The SMILES string of the molecule is CSCCN(C)C(=O)c1ccc2n(c1=O)C[C@@H]1CNC[C@H]2C1.Cl. The van der Waals surface area contributed by atoms with Crippen molar-refractivity contribution in [2.24, 2.45) is 5.92 Å². The van der Waals surface area contributed by atoms with Gasteiger partial charge < -0.3 is 14.8 Å². The molecular weight excluding hydrogens is 334 g/mol. The van der Waals surface area contributed by atoms with Crippen molar-refractivity contribution in [2.45, 2.75) is 18.9 Å². The van der Waals surface area contributed by atoms with Gasteiger partial charge in [-0.2, -0.15) is 11.8 Å². The van der Waals surface area contributed by atoms with Crippen LogP contribution in [0.3, 0.4) is 0 Å². The van der Waals surface area contributed by atoms with Gasteiger partial charge in [-0.05, 0) is 37.3 Å². The van der Waals surface area contributed by atoms with E-state index in [9.17, 15) is 9.59 Å². The third-order valence-corrected chi connectivity index (χ3v) is 5.31. The Morgan fingerprint density at radius 3 is 2.96 bits per heavy atom. The lowest BCUT2D eigenvalue weighted by molar-refractivity contribution is 0.0800. The second kappa shape index (κ2) is 7.73. The number of nitrogens with one attached hydrogen (secondary N) is 1. The zero-order valence-corrected chi connectivity index (χ0v) is 15.2. The van der Waals surface area contributed by atoms with E-state index in [1.165, 1.54) is 0 Å². The minimum atomic E-state index is -0.164. The molecule has 7 heteroatoms. The zero-order valence-electron chi connectivity index (χ0n) is 13.6. The van der Waals surface area contributed by atoms with Crippen LogP contribution >= 0.6 is 24.2 Å². The highest BCUT2D eigenvalue weighted by Crippen LogP contribution is 2.31. The van der Waals surface area contributed by atoms with Gasteiger partial charge in [-0.3, -0.25) is 9.59 Å². The highest BCUT2D eigenvalue weighted by Gasteiger charge is 2.32. The summed E-state index contributed by atoms with van der Waals surface area (Å²) in [6, 6.07) is 3.70. The van der Waals surface area contributed by atoms with Crippen LogP contribution < -0.4 is 10.9 Å². The van der Waals surface area contributed by atoms with E-state index in [4.69, 9.17) is 0 Å². The van der Waals surface area contributed by atoms with Crippen molar-refractivity contribution in [3.8, 4) is 0 Å². The number of hydrogen-bond acceptors (Lipinski definition) is 4. The Hall–Kier alpha value is -0.980. The maximum atomic E-state index is 12.8. The van der Waals surface area contributed by atoms with Crippen molar-refractivity contribution in [3.63, 3.8) is 0 Å². The fourth-order valence-electron chi connectivity index (χ4n) is 3.49. The third-order valence-electron chi connectivity index (χ3n) is 4.72. The molecule has 1 saturated heterocycles. The first kappa shape index (κ1) is 18.4. The van der Waals surface area contributed by atoms with Gasteiger partial charge in [-0.25, -0.2) is 0 Å². The molecule has 1 aromatic rings. The number of thioether (sulfide) groups is 1. The van der Waals surface area contributed by atoms with E-state index in [1.807, 2.05) is 16.9 Å². The van der Waals surface area contributed by atoms with E-state index < -0.39 is 0 Å². The minimum absolute atomic E-state index is 0. The third kappa shape index (κ3) is 3.59. The first-order valence-corrected chi connectivity index (χ1v) is 9.20. The Morgan fingerprint density at radius 2 is 2.22 bits per heavy atom. The molecule has 0 radical (unpaired) electrons. The standard InChI is InChI=1S/C16H23N3O2S.ClH/c1-18(5-6-22-2)15(20)13-3-4-14-12-7-11(8-17-9-12)10-19(14)16(13)21;/h3-4,11-12,17H,5-10H2,1-2H3;1H/t11-,12+;/m0./s1. The van der Waals surface area contributed by atoms with Crippen LogP contribution in [-0.2, 0) is 6.54 Å². The average molecular weight is 358 g/mol. The molecule has 5 nitrogen and oxygen atoms in total. The van der Waals surface area contributed by atoms with Crippen molar-refractivity contribution < 1.29 is 4.79 Å². The Kier molecular flexibility index (Phi) is 6.17. The van der Waals surface area contributed by atoms with Gasteiger partial charge in [0.2, 0.25) is 0 Å². The first-order valence-electron chi connectivity index (χ1n) is 7.80. The van der Waals surface area contributed by atoms with Crippen LogP contribution in [0, 0.1) is 5.92 Å². The van der Waals surface area contributed by atoms with Gasteiger partial charge >= 0.3 is 0 Å². The lowest BCUT2D eigenvalue weighted by Crippen LogP contribution is -2.46. The Labute approximate surface area is 147 Å². The van der Waals surface area contributed by atoms with Gasteiger partial charge in [0.15, 0.2) is 0 Å². The van der Waals surface area contributed by atoms with Gasteiger partial charge in [-0.15, -0.1) is 12.4 Å². The second-order valence-corrected chi connectivity index (χ2v) is 7.25. The number of pyridine rings is 1. The molecule has 3 heterocycles. The number of carbonyl (C=O) groups excluding carboxylic acids is 1. The topological polar surface area (TPSA) is 54.3 Å². The Bertz CT molecular complexity index is 634. The van der Waals surface area contributed by atoms with Gasteiger partial charge in [0.05, 0.1) is 0 Å². The number of carbonyl (C=O) groups is 1. The number of piperidine rings is 1. The molecule has 23 heavy (non-hydrogen) atoms. The number of hydrogen-bond donors (Lipinski definition) is 1. The molecule has 1 amide bonds. The van der Waals surface area contributed by atoms with Crippen LogP contribution in [0.1, 0.15) is 28.4 Å². The summed E-state index contributed by atoms with van der Waals surface area (Å²) in [6.45, 7) is 3.29. The molecule has 0 unspecified atom stereocenters. The number of nitrogens with zero attached hydrogens (tertiary/aromatic N) is 2. The highest BCUT2D eigenvalue weighted by molar-refractivity contribution is 7.98. The lowest BCUT2D eigenvalue weighted by Gasteiger charge is -2.37. The maximum Gasteiger partial charge on any atom is 0.263 e. The summed E-state index contributed by atoms with van der Waals surface area (Å²) in [5, 5.41) is 3.43. The van der Waals surface area contributed by atoms with E-state index in [2.05, 4.69) is 5.32 Å². The molecule has 0 spiro atoms. The number of rotatable bonds is 4. The summed E-state index contributed by atoms with van der Waals surface area (Å²) in [5.41, 5.74) is 1.27. The molecule has 1 N–H and O–H groups in total. The predicted molar refractivity (Wildman–Crippen MR) is 97.0 cm³/mol.